The van der Waals surface area contributed by atoms with Gasteiger partial charge in [-0.25, -0.2) is 0 Å². The SMILES string of the molecule is CC(C)[Si](C#Cc1cnccc1C#C[Si](C)(C)C)(C(C)C)C(C)C. The summed E-state index contributed by atoms with van der Waals surface area (Å²) in [4.78, 5) is 4.28. The molecular formula is C21H33NSi2. The summed E-state index contributed by atoms with van der Waals surface area (Å²) in [7, 11) is -3.12. The first-order chi connectivity index (χ1) is 11.0. The average Bonchev–Trinajstić information content (AvgIpc) is 2.44. The normalized spacial score (nSPS) is 12.0. The zero-order valence-corrected chi connectivity index (χ0v) is 18.9. The Kier molecular flexibility index (Phi) is 7.08. The summed E-state index contributed by atoms with van der Waals surface area (Å²) >= 11 is 0. The minimum atomic E-state index is -1.72. The van der Waals surface area contributed by atoms with Crippen LogP contribution in [0.4, 0.5) is 0 Å². The third kappa shape index (κ3) is 5.10. The second-order valence-electron chi connectivity index (χ2n) is 8.57. The van der Waals surface area contributed by atoms with Gasteiger partial charge in [-0.05, 0) is 22.7 Å². The number of rotatable bonds is 3. The number of pyridine rings is 1. The molecule has 3 heteroatoms. The van der Waals surface area contributed by atoms with Gasteiger partial charge in [-0.1, -0.05) is 73.0 Å². The predicted octanol–water partition coefficient (Wildman–Crippen LogP) is 5.88. The highest BCUT2D eigenvalue weighted by Gasteiger charge is 2.41. The van der Waals surface area contributed by atoms with E-state index >= 15 is 0 Å². The van der Waals surface area contributed by atoms with E-state index in [2.05, 4.69) is 89.1 Å². The molecule has 1 heterocycles. The molecule has 1 aromatic heterocycles. The molecule has 130 valence electrons. The van der Waals surface area contributed by atoms with Crippen LogP contribution in [0.3, 0.4) is 0 Å². The van der Waals surface area contributed by atoms with Crippen LogP contribution in [-0.4, -0.2) is 21.1 Å². The Morgan fingerprint density at radius 3 is 1.75 bits per heavy atom. The van der Waals surface area contributed by atoms with Gasteiger partial charge in [-0.15, -0.1) is 11.1 Å². The Bertz CT molecular complexity index is 652. The molecule has 0 aliphatic rings. The van der Waals surface area contributed by atoms with Crippen LogP contribution in [0, 0.1) is 22.9 Å². The number of aromatic nitrogens is 1. The van der Waals surface area contributed by atoms with Gasteiger partial charge in [0.1, 0.15) is 16.1 Å². The minimum absolute atomic E-state index is 0.637. The molecule has 0 amide bonds. The zero-order chi connectivity index (χ0) is 18.5. The smallest absolute Gasteiger partial charge is 0.146 e. The summed E-state index contributed by atoms with van der Waals surface area (Å²) in [5.41, 5.74) is 11.2. The molecule has 0 radical (unpaired) electrons. The fourth-order valence-corrected chi connectivity index (χ4v) is 9.19. The van der Waals surface area contributed by atoms with Crippen LogP contribution < -0.4 is 0 Å². The van der Waals surface area contributed by atoms with Crippen LogP contribution in [0.2, 0.25) is 36.3 Å². The third-order valence-corrected chi connectivity index (χ3v) is 11.8. The van der Waals surface area contributed by atoms with Gasteiger partial charge >= 0.3 is 0 Å². The number of nitrogens with zero attached hydrogens (tertiary/aromatic N) is 1. The summed E-state index contributed by atoms with van der Waals surface area (Å²) < 4.78 is 0. The van der Waals surface area contributed by atoms with Crippen molar-refractivity contribution in [3.05, 3.63) is 29.6 Å². The highest BCUT2D eigenvalue weighted by Crippen LogP contribution is 2.40. The standard InChI is InChI=1S/C21H33NSi2/c1-17(2)24(18(3)4,19(5)6)15-12-21-16-22-13-10-20(21)11-14-23(7,8)9/h10,13,16-19H,1-9H3. The van der Waals surface area contributed by atoms with Crippen LogP contribution in [-0.2, 0) is 0 Å². The van der Waals surface area contributed by atoms with Crippen LogP contribution in [0.1, 0.15) is 52.7 Å². The number of hydrogen-bond acceptors (Lipinski definition) is 1. The van der Waals surface area contributed by atoms with E-state index in [1.807, 2.05) is 18.5 Å². The van der Waals surface area contributed by atoms with Gasteiger partial charge in [0.05, 0.1) is 5.56 Å². The fraction of sp³-hybridized carbons (Fsp3) is 0.571. The Morgan fingerprint density at radius 2 is 1.29 bits per heavy atom. The van der Waals surface area contributed by atoms with Crippen LogP contribution in [0.25, 0.3) is 0 Å². The van der Waals surface area contributed by atoms with Crippen LogP contribution in [0.15, 0.2) is 18.5 Å². The highest BCUT2D eigenvalue weighted by molar-refractivity contribution is 6.90. The molecule has 0 aliphatic carbocycles. The second kappa shape index (κ2) is 8.19. The van der Waals surface area contributed by atoms with E-state index in [0.29, 0.717) is 16.6 Å². The van der Waals surface area contributed by atoms with Gasteiger partial charge in [0.25, 0.3) is 0 Å². The molecular weight excluding hydrogens is 322 g/mol. The van der Waals surface area contributed by atoms with E-state index in [4.69, 9.17) is 0 Å². The van der Waals surface area contributed by atoms with Crippen molar-refractivity contribution in [2.24, 2.45) is 0 Å². The van der Waals surface area contributed by atoms with Crippen molar-refractivity contribution < 1.29 is 0 Å². The number of hydrogen-bond donors (Lipinski definition) is 0. The Labute approximate surface area is 151 Å². The van der Waals surface area contributed by atoms with Crippen LogP contribution in [0.5, 0.6) is 0 Å². The molecule has 0 atom stereocenters. The molecule has 0 saturated carbocycles. The third-order valence-electron chi connectivity index (χ3n) is 4.67. The summed E-state index contributed by atoms with van der Waals surface area (Å²) in [5, 5.41) is 0. The van der Waals surface area contributed by atoms with Crippen molar-refractivity contribution in [1.82, 2.24) is 4.98 Å². The Hall–Kier alpha value is -1.30. The maximum Gasteiger partial charge on any atom is 0.146 e. The largest absolute Gasteiger partial charge is 0.263 e. The summed E-state index contributed by atoms with van der Waals surface area (Å²) in [6, 6.07) is 2.00. The molecule has 0 saturated heterocycles. The van der Waals surface area contributed by atoms with Gasteiger partial charge in [0.15, 0.2) is 0 Å². The second-order valence-corrected chi connectivity index (χ2v) is 18.9. The molecule has 0 spiro atoms. The predicted molar refractivity (Wildman–Crippen MR) is 112 cm³/mol. The van der Waals surface area contributed by atoms with Crippen molar-refractivity contribution >= 4 is 16.1 Å². The van der Waals surface area contributed by atoms with Gasteiger partial charge in [-0.3, -0.25) is 4.98 Å². The van der Waals surface area contributed by atoms with Crippen molar-refractivity contribution in [2.45, 2.75) is 77.8 Å². The van der Waals surface area contributed by atoms with E-state index in [-0.39, 0.29) is 0 Å². The minimum Gasteiger partial charge on any atom is -0.263 e. The first-order valence-corrected chi connectivity index (χ1v) is 14.7. The molecule has 1 aromatic rings. The lowest BCUT2D eigenvalue weighted by atomic mass is 10.1. The lowest BCUT2D eigenvalue weighted by molar-refractivity contribution is 0.838. The zero-order valence-electron chi connectivity index (χ0n) is 16.9. The molecule has 0 aliphatic heterocycles. The van der Waals surface area contributed by atoms with Crippen molar-refractivity contribution in [2.75, 3.05) is 0 Å². The van der Waals surface area contributed by atoms with Crippen molar-refractivity contribution in [3.8, 4) is 22.9 Å². The van der Waals surface area contributed by atoms with E-state index < -0.39 is 16.1 Å². The van der Waals surface area contributed by atoms with Gasteiger partial charge in [-0.2, -0.15) is 0 Å². The average molecular weight is 356 g/mol. The molecule has 0 fully saturated rings. The molecule has 1 rings (SSSR count). The van der Waals surface area contributed by atoms with Crippen molar-refractivity contribution in [3.63, 3.8) is 0 Å². The topological polar surface area (TPSA) is 12.9 Å². The summed E-state index contributed by atoms with van der Waals surface area (Å²) in [6.07, 6.45) is 3.69. The molecule has 1 nitrogen and oxygen atoms in total. The van der Waals surface area contributed by atoms with Crippen molar-refractivity contribution in [1.29, 1.82) is 0 Å². The molecule has 0 unspecified atom stereocenters. The van der Waals surface area contributed by atoms with E-state index in [1.54, 1.807) is 0 Å². The maximum absolute atomic E-state index is 4.28. The van der Waals surface area contributed by atoms with Gasteiger partial charge in [0.2, 0.25) is 0 Å². The highest BCUT2D eigenvalue weighted by atomic mass is 28.3. The molecule has 0 N–H and O–H groups in total. The van der Waals surface area contributed by atoms with Gasteiger partial charge < -0.3 is 0 Å². The lowest BCUT2D eigenvalue weighted by Gasteiger charge is -2.38. The van der Waals surface area contributed by atoms with E-state index in [0.717, 1.165) is 11.1 Å². The van der Waals surface area contributed by atoms with E-state index in [1.165, 1.54) is 0 Å². The lowest BCUT2D eigenvalue weighted by Crippen LogP contribution is -2.43. The van der Waals surface area contributed by atoms with E-state index in [9.17, 15) is 0 Å². The quantitative estimate of drug-likeness (QED) is 0.487. The van der Waals surface area contributed by atoms with Gasteiger partial charge in [0, 0.05) is 18.0 Å². The summed E-state index contributed by atoms with van der Waals surface area (Å²) in [6.45, 7) is 20.9. The molecule has 0 bridgehead atoms. The maximum atomic E-state index is 4.28. The Balaban J connectivity index is 3.41. The fourth-order valence-electron chi connectivity index (χ4n) is 3.47. The molecule has 0 aromatic carbocycles. The Morgan fingerprint density at radius 1 is 0.792 bits per heavy atom. The first kappa shape index (κ1) is 20.7. The molecule has 24 heavy (non-hydrogen) atoms. The summed E-state index contributed by atoms with van der Waals surface area (Å²) in [5.74, 6) is 6.86. The monoisotopic (exact) mass is 355 g/mol. The van der Waals surface area contributed by atoms with Crippen LogP contribution >= 0.6 is 0 Å². The first-order valence-electron chi connectivity index (χ1n) is 9.01.